The van der Waals surface area contributed by atoms with Gasteiger partial charge in [0.1, 0.15) is 5.82 Å². The first-order valence-electron chi connectivity index (χ1n) is 9.73. The van der Waals surface area contributed by atoms with E-state index in [2.05, 4.69) is 9.80 Å². The first-order valence-corrected chi connectivity index (χ1v) is 9.73. The Labute approximate surface area is 160 Å². The minimum absolute atomic E-state index is 0.105. The summed E-state index contributed by atoms with van der Waals surface area (Å²) in [7, 11) is 0. The molecule has 7 heteroatoms. The molecule has 1 atom stereocenters. The average Bonchev–Trinajstić information content (AvgIpc) is 2.69. The quantitative estimate of drug-likeness (QED) is 0.834. The highest BCUT2D eigenvalue weighted by molar-refractivity contribution is 5.82. The monoisotopic (exact) mass is 376 g/mol. The average molecular weight is 376 g/mol. The molecule has 27 heavy (non-hydrogen) atoms. The maximum atomic E-state index is 13.8. The van der Waals surface area contributed by atoms with Gasteiger partial charge >= 0.3 is 0 Å². The number of benzene rings is 1. The Hall–Kier alpha value is -1.99. The van der Waals surface area contributed by atoms with Gasteiger partial charge in [0, 0.05) is 57.3 Å². The Morgan fingerprint density at radius 3 is 2.33 bits per heavy atom. The van der Waals surface area contributed by atoms with Gasteiger partial charge in [-0.15, -0.1) is 0 Å². The second kappa shape index (κ2) is 8.80. The molecule has 2 aliphatic rings. The van der Waals surface area contributed by atoms with Crippen molar-refractivity contribution in [3.05, 3.63) is 35.6 Å². The lowest BCUT2D eigenvalue weighted by molar-refractivity contribution is -0.140. The van der Waals surface area contributed by atoms with Crippen molar-refractivity contribution >= 4 is 11.8 Å². The highest BCUT2D eigenvalue weighted by Gasteiger charge is 2.32. The Morgan fingerprint density at radius 1 is 1.11 bits per heavy atom. The minimum Gasteiger partial charge on any atom is -0.369 e. The summed E-state index contributed by atoms with van der Waals surface area (Å²) in [5, 5.41) is 0. The van der Waals surface area contributed by atoms with Crippen LogP contribution in [-0.4, -0.2) is 71.8 Å². The number of piperazine rings is 1. The summed E-state index contributed by atoms with van der Waals surface area (Å²) in [5.41, 5.74) is 6.08. The molecule has 0 aromatic heterocycles. The molecule has 6 nitrogen and oxygen atoms in total. The number of carbonyl (C=O) groups is 2. The van der Waals surface area contributed by atoms with Gasteiger partial charge in [-0.3, -0.25) is 19.4 Å². The predicted octanol–water partition coefficient (Wildman–Crippen LogP) is 1.06. The van der Waals surface area contributed by atoms with Crippen LogP contribution in [-0.2, 0) is 16.1 Å². The molecule has 2 saturated heterocycles. The van der Waals surface area contributed by atoms with Crippen molar-refractivity contribution < 1.29 is 14.0 Å². The molecule has 1 aromatic rings. The maximum absolute atomic E-state index is 13.8. The zero-order chi connectivity index (χ0) is 19.4. The Morgan fingerprint density at radius 2 is 1.74 bits per heavy atom. The van der Waals surface area contributed by atoms with Gasteiger partial charge in [-0.25, -0.2) is 4.39 Å². The SMILES string of the molecule is C[C@@H](C(=O)N1CCC(C(N)=O)CC1)N1CCN(Cc2ccccc2F)CC1. The summed E-state index contributed by atoms with van der Waals surface area (Å²) in [5.74, 6) is -0.407. The molecule has 0 saturated carbocycles. The highest BCUT2D eigenvalue weighted by Crippen LogP contribution is 2.19. The van der Waals surface area contributed by atoms with Gasteiger partial charge in [-0.05, 0) is 25.8 Å². The van der Waals surface area contributed by atoms with Gasteiger partial charge in [0.25, 0.3) is 0 Å². The van der Waals surface area contributed by atoms with Crippen molar-refractivity contribution in [2.75, 3.05) is 39.3 Å². The number of carbonyl (C=O) groups excluding carboxylic acids is 2. The molecule has 0 aliphatic carbocycles. The maximum Gasteiger partial charge on any atom is 0.239 e. The van der Waals surface area contributed by atoms with Gasteiger partial charge in [0.05, 0.1) is 6.04 Å². The van der Waals surface area contributed by atoms with Crippen molar-refractivity contribution in [3.63, 3.8) is 0 Å². The number of amides is 2. The second-order valence-corrected chi connectivity index (χ2v) is 7.58. The van der Waals surface area contributed by atoms with Crippen LogP contribution in [0.1, 0.15) is 25.3 Å². The fourth-order valence-electron chi connectivity index (χ4n) is 3.98. The molecule has 0 bridgehead atoms. The molecule has 0 radical (unpaired) electrons. The molecule has 0 spiro atoms. The van der Waals surface area contributed by atoms with E-state index < -0.39 is 0 Å². The van der Waals surface area contributed by atoms with Crippen LogP contribution in [0.5, 0.6) is 0 Å². The van der Waals surface area contributed by atoms with Crippen LogP contribution < -0.4 is 5.73 Å². The van der Waals surface area contributed by atoms with Gasteiger partial charge in [-0.1, -0.05) is 18.2 Å². The predicted molar refractivity (Wildman–Crippen MR) is 101 cm³/mol. The summed E-state index contributed by atoms with van der Waals surface area (Å²) < 4.78 is 13.8. The van der Waals surface area contributed by atoms with Crippen LogP contribution in [0.3, 0.4) is 0 Å². The lowest BCUT2D eigenvalue weighted by Crippen LogP contribution is -2.55. The highest BCUT2D eigenvalue weighted by atomic mass is 19.1. The number of hydrogen-bond donors (Lipinski definition) is 1. The molecule has 148 valence electrons. The molecule has 2 heterocycles. The van der Waals surface area contributed by atoms with Gasteiger partial charge < -0.3 is 10.6 Å². The standard InChI is InChI=1S/C20H29FN4O2/c1-15(20(27)25-8-6-16(7-9-25)19(22)26)24-12-10-23(11-13-24)14-17-4-2-3-5-18(17)21/h2-5,15-16H,6-14H2,1H3,(H2,22,26)/t15-/m0/s1. The Bertz CT molecular complexity index is 668. The van der Waals surface area contributed by atoms with E-state index >= 15 is 0 Å². The number of piperidine rings is 1. The van der Waals surface area contributed by atoms with Crippen LogP contribution in [0.4, 0.5) is 4.39 Å². The summed E-state index contributed by atoms with van der Waals surface area (Å²) >= 11 is 0. The number of primary amides is 1. The lowest BCUT2D eigenvalue weighted by atomic mass is 9.96. The molecular weight excluding hydrogens is 347 g/mol. The normalized spacial score (nSPS) is 21.2. The zero-order valence-electron chi connectivity index (χ0n) is 15.9. The zero-order valence-corrected chi connectivity index (χ0v) is 15.9. The lowest BCUT2D eigenvalue weighted by Gasteiger charge is -2.40. The molecule has 2 aliphatic heterocycles. The van der Waals surface area contributed by atoms with Crippen molar-refractivity contribution in [2.45, 2.75) is 32.4 Å². The number of hydrogen-bond acceptors (Lipinski definition) is 4. The van der Waals surface area contributed by atoms with E-state index in [-0.39, 0.29) is 29.6 Å². The number of halogens is 1. The molecule has 1 aromatic carbocycles. The fourth-order valence-corrected chi connectivity index (χ4v) is 3.98. The molecule has 2 N–H and O–H groups in total. The third kappa shape index (κ3) is 4.84. The second-order valence-electron chi connectivity index (χ2n) is 7.58. The van der Waals surface area contributed by atoms with Crippen molar-refractivity contribution in [1.82, 2.24) is 14.7 Å². The Kier molecular flexibility index (Phi) is 6.44. The minimum atomic E-state index is -0.263. The fraction of sp³-hybridized carbons (Fsp3) is 0.600. The van der Waals surface area contributed by atoms with E-state index in [9.17, 15) is 14.0 Å². The third-order valence-corrected chi connectivity index (χ3v) is 5.87. The molecule has 2 fully saturated rings. The first-order chi connectivity index (χ1) is 13.0. The van der Waals surface area contributed by atoms with Crippen LogP contribution in [0.25, 0.3) is 0 Å². The van der Waals surface area contributed by atoms with Crippen molar-refractivity contribution in [1.29, 1.82) is 0 Å². The number of likely N-dealkylation sites (tertiary alicyclic amines) is 1. The van der Waals surface area contributed by atoms with Crippen molar-refractivity contribution in [2.24, 2.45) is 11.7 Å². The summed E-state index contributed by atoms with van der Waals surface area (Å²) in [6.07, 6.45) is 1.31. The first kappa shape index (κ1) is 19.8. The number of nitrogens with two attached hydrogens (primary N) is 1. The van der Waals surface area contributed by atoms with E-state index in [1.807, 2.05) is 24.0 Å². The Balaban J connectivity index is 1.47. The molecule has 0 unspecified atom stereocenters. The van der Waals surface area contributed by atoms with E-state index in [1.54, 1.807) is 6.07 Å². The van der Waals surface area contributed by atoms with Crippen LogP contribution in [0.2, 0.25) is 0 Å². The van der Waals surface area contributed by atoms with Crippen LogP contribution in [0.15, 0.2) is 24.3 Å². The summed E-state index contributed by atoms with van der Waals surface area (Å²) in [6.45, 7) is 6.97. The molecular formula is C20H29FN4O2. The third-order valence-electron chi connectivity index (χ3n) is 5.87. The van der Waals surface area contributed by atoms with E-state index in [1.165, 1.54) is 6.07 Å². The number of rotatable bonds is 5. The van der Waals surface area contributed by atoms with E-state index in [0.717, 1.165) is 26.2 Å². The van der Waals surface area contributed by atoms with Crippen LogP contribution in [0, 0.1) is 11.7 Å². The summed E-state index contributed by atoms with van der Waals surface area (Å²) in [4.78, 5) is 30.4. The van der Waals surface area contributed by atoms with Gasteiger partial charge in [0.2, 0.25) is 11.8 Å². The molecule has 2 amide bonds. The van der Waals surface area contributed by atoms with Crippen molar-refractivity contribution in [3.8, 4) is 0 Å². The smallest absolute Gasteiger partial charge is 0.239 e. The van der Waals surface area contributed by atoms with E-state index in [4.69, 9.17) is 5.73 Å². The number of nitrogens with zero attached hydrogens (tertiary/aromatic N) is 3. The van der Waals surface area contributed by atoms with Crippen LogP contribution >= 0.6 is 0 Å². The van der Waals surface area contributed by atoms with Gasteiger partial charge in [-0.2, -0.15) is 0 Å². The van der Waals surface area contributed by atoms with Gasteiger partial charge in [0.15, 0.2) is 0 Å². The largest absolute Gasteiger partial charge is 0.369 e. The topological polar surface area (TPSA) is 69.9 Å². The van der Waals surface area contributed by atoms with E-state index in [0.29, 0.717) is 38.0 Å². The molecule has 3 rings (SSSR count). The summed E-state index contributed by atoms with van der Waals surface area (Å²) in [6, 6.07) is 6.70.